The summed E-state index contributed by atoms with van der Waals surface area (Å²) in [5.41, 5.74) is 9.06. The smallest absolute Gasteiger partial charge is 0.227 e. The van der Waals surface area contributed by atoms with Crippen LogP contribution in [0.2, 0.25) is 0 Å². The van der Waals surface area contributed by atoms with E-state index >= 15 is 0 Å². The van der Waals surface area contributed by atoms with Crippen LogP contribution in [0, 0.1) is 13.8 Å². The number of aryl methyl sites for hydroxylation is 2. The van der Waals surface area contributed by atoms with E-state index in [2.05, 4.69) is 5.10 Å². The lowest BCUT2D eigenvalue weighted by Gasteiger charge is -2.22. The Morgan fingerprint density at radius 3 is 2.42 bits per heavy atom. The highest BCUT2D eigenvalue weighted by Crippen LogP contribution is 2.15. The largest absolute Gasteiger partial charge is 0.370 e. The zero-order chi connectivity index (χ0) is 17.7. The van der Waals surface area contributed by atoms with Crippen molar-refractivity contribution in [3.63, 3.8) is 0 Å². The molecule has 0 fully saturated rings. The number of hydrogen-bond acceptors (Lipinski definition) is 3. The number of carbonyl (C=O) groups is 2. The Kier molecular flexibility index (Phi) is 5.73. The predicted octanol–water partition coefficient (Wildman–Crippen LogP) is 1.48. The first-order chi connectivity index (χ1) is 11.4. The molecular weight excluding hydrogens is 304 g/mol. The van der Waals surface area contributed by atoms with E-state index in [0.717, 1.165) is 22.5 Å². The molecule has 2 aromatic rings. The Morgan fingerprint density at radius 2 is 1.88 bits per heavy atom. The molecule has 24 heavy (non-hydrogen) atoms. The van der Waals surface area contributed by atoms with Crippen molar-refractivity contribution in [2.45, 2.75) is 33.2 Å². The van der Waals surface area contributed by atoms with Crippen molar-refractivity contribution in [2.75, 3.05) is 6.54 Å². The summed E-state index contributed by atoms with van der Waals surface area (Å²) in [6.45, 7) is 4.64. The second-order valence-corrected chi connectivity index (χ2v) is 5.97. The molecule has 0 aliphatic rings. The average Bonchev–Trinajstić information content (AvgIpc) is 2.78. The lowest BCUT2D eigenvalue weighted by Crippen LogP contribution is -2.34. The molecule has 2 rings (SSSR count). The lowest BCUT2D eigenvalue weighted by atomic mass is 10.1. The van der Waals surface area contributed by atoms with Gasteiger partial charge in [0.1, 0.15) is 0 Å². The number of carbonyl (C=O) groups excluding carboxylic acids is 2. The summed E-state index contributed by atoms with van der Waals surface area (Å²) in [5, 5.41) is 4.35. The summed E-state index contributed by atoms with van der Waals surface area (Å²) < 4.78 is 1.78. The summed E-state index contributed by atoms with van der Waals surface area (Å²) >= 11 is 0. The minimum atomic E-state index is -0.408. The van der Waals surface area contributed by atoms with Gasteiger partial charge in [-0.25, -0.2) is 0 Å². The van der Waals surface area contributed by atoms with E-state index in [0.29, 0.717) is 13.1 Å². The minimum Gasteiger partial charge on any atom is -0.370 e. The van der Waals surface area contributed by atoms with Gasteiger partial charge in [-0.3, -0.25) is 14.3 Å². The molecule has 0 saturated heterocycles. The van der Waals surface area contributed by atoms with E-state index in [-0.39, 0.29) is 18.7 Å². The van der Waals surface area contributed by atoms with Crippen LogP contribution in [0.25, 0.3) is 0 Å². The third kappa shape index (κ3) is 4.44. The van der Waals surface area contributed by atoms with Gasteiger partial charge in [-0.15, -0.1) is 0 Å². The highest BCUT2D eigenvalue weighted by molar-refractivity contribution is 5.80. The number of primary amides is 1. The number of nitrogens with two attached hydrogens (primary N) is 1. The summed E-state index contributed by atoms with van der Waals surface area (Å²) in [6, 6.07) is 9.72. The van der Waals surface area contributed by atoms with Crippen LogP contribution in [-0.4, -0.2) is 33.0 Å². The summed E-state index contributed by atoms with van der Waals surface area (Å²) in [6.07, 6.45) is 0.431. The van der Waals surface area contributed by atoms with Gasteiger partial charge in [-0.1, -0.05) is 30.3 Å². The number of amides is 2. The maximum atomic E-state index is 12.8. The van der Waals surface area contributed by atoms with E-state index < -0.39 is 5.91 Å². The van der Waals surface area contributed by atoms with Crippen molar-refractivity contribution in [1.82, 2.24) is 14.7 Å². The topological polar surface area (TPSA) is 81.2 Å². The molecule has 1 heterocycles. The van der Waals surface area contributed by atoms with Crippen molar-refractivity contribution in [2.24, 2.45) is 12.8 Å². The molecule has 0 spiro atoms. The van der Waals surface area contributed by atoms with Gasteiger partial charge in [-0.05, 0) is 19.4 Å². The fourth-order valence-corrected chi connectivity index (χ4v) is 2.68. The molecule has 1 aromatic heterocycles. The maximum absolute atomic E-state index is 12.8. The predicted molar refractivity (Wildman–Crippen MR) is 92.1 cm³/mol. The van der Waals surface area contributed by atoms with E-state index in [1.54, 1.807) is 9.58 Å². The SMILES string of the molecule is Cc1nn(C)c(C)c1CC(=O)N(CCC(N)=O)Cc1ccccc1. The van der Waals surface area contributed by atoms with Gasteiger partial charge in [0.15, 0.2) is 0 Å². The van der Waals surface area contributed by atoms with Gasteiger partial charge in [0.05, 0.1) is 12.1 Å². The van der Waals surface area contributed by atoms with Crippen molar-refractivity contribution < 1.29 is 9.59 Å². The minimum absolute atomic E-state index is 0.0284. The molecule has 1 aromatic carbocycles. The van der Waals surface area contributed by atoms with Gasteiger partial charge < -0.3 is 10.6 Å². The van der Waals surface area contributed by atoms with Crippen LogP contribution in [0.15, 0.2) is 30.3 Å². The van der Waals surface area contributed by atoms with Crippen LogP contribution in [0.1, 0.15) is 28.9 Å². The molecule has 2 amide bonds. The summed E-state index contributed by atoms with van der Waals surface area (Å²) in [4.78, 5) is 25.6. The molecule has 0 aliphatic heterocycles. The Labute approximate surface area is 142 Å². The second kappa shape index (κ2) is 7.77. The highest BCUT2D eigenvalue weighted by atomic mass is 16.2. The van der Waals surface area contributed by atoms with E-state index in [1.165, 1.54) is 0 Å². The monoisotopic (exact) mass is 328 g/mol. The van der Waals surface area contributed by atoms with Crippen LogP contribution < -0.4 is 5.73 Å². The van der Waals surface area contributed by atoms with Crippen LogP contribution in [-0.2, 0) is 29.6 Å². The first-order valence-electron chi connectivity index (χ1n) is 7.97. The first kappa shape index (κ1) is 17.7. The van der Waals surface area contributed by atoms with Crippen molar-refractivity contribution >= 4 is 11.8 Å². The molecule has 0 aliphatic carbocycles. The third-order valence-corrected chi connectivity index (χ3v) is 4.18. The van der Waals surface area contributed by atoms with Crippen LogP contribution in [0.5, 0.6) is 0 Å². The maximum Gasteiger partial charge on any atom is 0.227 e. The molecule has 0 atom stereocenters. The van der Waals surface area contributed by atoms with Crippen LogP contribution in [0.4, 0.5) is 0 Å². The highest BCUT2D eigenvalue weighted by Gasteiger charge is 2.19. The molecule has 0 bridgehead atoms. The summed E-state index contributed by atoms with van der Waals surface area (Å²) in [5.74, 6) is -0.436. The number of benzene rings is 1. The Morgan fingerprint density at radius 1 is 1.21 bits per heavy atom. The van der Waals surface area contributed by atoms with Crippen molar-refractivity contribution in [3.05, 3.63) is 52.8 Å². The number of hydrogen-bond donors (Lipinski definition) is 1. The quantitative estimate of drug-likeness (QED) is 0.836. The Hall–Kier alpha value is -2.63. The third-order valence-electron chi connectivity index (χ3n) is 4.18. The second-order valence-electron chi connectivity index (χ2n) is 5.97. The van der Waals surface area contributed by atoms with Gasteiger partial charge >= 0.3 is 0 Å². The standard InChI is InChI=1S/C18H24N4O2/c1-13-16(14(2)21(3)20-13)11-18(24)22(10-9-17(19)23)12-15-7-5-4-6-8-15/h4-8H,9-12H2,1-3H3,(H2,19,23). The fourth-order valence-electron chi connectivity index (χ4n) is 2.68. The summed E-state index contributed by atoms with van der Waals surface area (Å²) in [7, 11) is 1.87. The Bertz CT molecular complexity index is 722. The molecule has 6 heteroatoms. The number of nitrogens with zero attached hydrogens (tertiary/aromatic N) is 3. The number of aromatic nitrogens is 2. The molecule has 2 N–H and O–H groups in total. The van der Waals surface area contributed by atoms with Crippen molar-refractivity contribution in [1.29, 1.82) is 0 Å². The van der Waals surface area contributed by atoms with E-state index in [9.17, 15) is 9.59 Å². The fraction of sp³-hybridized carbons (Fsp3) is 0.389. The van der Waals surface area contributed by atoms with Gasteiger partial charge in [0.2, 0.25) is 11.8 Å². The molecule has 6 nitrogen and oxygen atoms in total. The zero-order valence-corrected chi connectivity index (χ0v) is 14.5. The van der Waals surface area contributed by atoms with Gasteiger partial charge in [0.25, 0.3) is 0 Å². The van der Waals surface area contributed by atoms with Crippen LogP contribution >= 0.6 is 0 Å². The van der Waals surface area contributed by atoms with Crippen molar-refractivity contribution in [3.8, 4) is 0 Å². The first-order valence-corrected chi connectivity index (χ1v) is 7.97. The average molecular weight is 328 g/mol. The molecule has 128 valence electrons. The van der Waals surface area contributed by atoms with E-state index in [1.807, 2.05) is 51.2 Å². The van der Waals surface area contributed by atoms with Gasteiger partial charge in [-0.2, -0.15) is 5.10 Å². The van der Waals surface area contributed by atoms with Crippen LogP contribution in [0.3, 0.4) is 0 Å². The van der Waals surface area contributed by atoms with Gasteiger partial charge in [0, 0.05) is 37.8 Å². The molecular formula is C18H24N4O2. The molecule has 0 unspecified atom stereocenters. The van der Waals surface area contributed by atoms with E-state index in [4.69, 9.17) is 5.73 Å². The zero-order valence-electron chi connectivity index (χ0n) is 14.5. The lowest BCUT2D eigenvalue weighted by molar-refractivity contribution is -0.131. The Balaban J connectivity index is 2.15. The number of rotatable bonds is 7. The normalized spacial score (nSPS) is 10.6. The molecule has 0 saturated carbocycles. The molecule has 0 radical (unpaired) electrons.